The second-order valence-electron chi connectivity index (χ2n) is 11.6. The number of hydrogen-bond acceptors (Lipinski definition) is 6. The Morgan fingerprint density at radius 2 is 1.74 bits per heavy atom. The molecular formula is C32H43N5O2. The number of aliphatic hydroxyl groups is 1. The lowest BCUT2D eigenvalue weighted by molar-refractivity contribution is 0.0778. The van der Waals surface area contributed by atoms with Gasteiger partial charge in [0.2, 0.25) is 0 Å². The van der Waals surface area contributed by atoms with Crippen molar-refractivity contribution < 1.29 is 9.84 Å². The van der Waals surface area contributed by atoms with Gasteiger partial charge >= 0.3 is 6.01 Å². The molecule has 2 fully saturated rings. The summed E-state index contributed by atoms with van der Waals surface area (Å²) in [6, 6.07) is 10.6. The van der Waals surface area contributed by atoms with Crippen molar-refractivity contribution in [1.82, 2.24) is 19.3 Å². The number of likely N-dealkylation sites (tertiary alicyclic amines) is 1. The van der Waals surface area contributed by atoms with Crippen LogP contribution in [0.4, 0.5) is 0 Å². The van der Waals surface area contributed by atoms with Crippen LogP contribution < -0.4 is 4.74 Å². The highest BCUT2D eigenvalue weighted by Crippen LogP contribution is 2.39. The number of ether oxygens (including phenoxy) is 1. The summed E-state index contributed by atoms with van der Waals surface area (Å²) in [7, 11) is 0. The van der Waals surface area contributed by atoms with Gasteiger partial charge in [-0.05, 0) is 57.2 Å². The van der Waals surface area contributed by atoms with E-state index < -0.39 is 0 Å². The zero-order valence-corrected chi connectivity index (χ0v) is 23.4. The molecule has 208 valence electrons. The van der Waals surface area contributed by atoms with E-state index in [1.54, 1.807) is 0 Å². The van der Waals surface area contributed by atoms with Crippen LogP contribution in [0.15, 0.2) is 36.7 Å². The van der Waals surface area contributed by atoms with Crippen LogP contribution in [0.2, 0.25) is 0 Å². The van der Waals surface area contributed by atoms with Crippen molar-refractivity contribution in [3.05, 3.63) is 47.8 Å². The molecule has 0 amide bonds. The first-order valence-electron chi connectivity index (χ1n) is 15.0. The number of aliphatic hydroxyl groups excluding tert-OH is 1. The molecule has 2 aliphatic rings. The number of benzene rings is 1. The van der Waals surface area contributed by atoms with Gasteiger partial charge in [0, 0.05) is 42.5 Å². The van der Waals surface area contributed by atoms with Gasteiger partial charge in [-0.1, -0.05) is 57.1 Å². The van der Waals surface area contributed by atoms with Crippen molar-refractivity contribution in [2.75, 3.05) is 26.2 Å². The Bertz CT molecular complexity index is 1240. The molecule has 1 N–H and O–H groups in total. The van der Waals surface area contributed by atoms with E-state index in [4.69, 9.17) is 14.7 Å². The Morgan fingerprint density at radius 1 is 1.03 bits per heavy atom. The molecule has 1 aliphatic heterocycles. The minimum absolute atomic E-state index is 0.318. The molecule has 0 spiro atoms. The third kappa shape index (κ3) is 6.98. The van der Waals surface area contributed by atoms with Crippen LogP contribution in [0.1, 0.15) is 94.6 Å². The maximum Gasteiger partial charge on any atom is 0.302 e. The number of imidazole rings is 1. The summed E-state index contributed by atoms with van der Waals surface area (Å²) >= 11 is 0. The Kier molecular flexibility index (Phi) is 9.49. The van der Waals surface area contributed by atoms with Gasteiger partial charge in [-0.15, -0.1) is 0 Å². The fourth-order valence-electron chi connectivity index (χ4n) is 6.49. The molecule has 2 aromatic heterocycles. The minimum atomic E-state index is -0.318. The highest BCUT2D eigenvalue weighted by Gasteiger charge is 2.26. The second kappa shape index (κ2) is 13.4. The van der Waals surface area contributed by atoms with Crippen molar-refractivity contribution >= 4 is 5.65 Å². The Labute approximate surface area is 232 Å². The first-order chi connectivity index (χ1) is 19.1. The second-order valence-corrected chi connectivity index (χ2v) is 11.6. The number of nitriles is 1. The number of piperidine rings is 1. The lowest BCUT2D eigenvalue weighted by atomic mass is 9.85. The Balaban J connectivity index is 1.48. The predicted octanol–water partition coefficient (Wildman–Crippen LogP) is 6.35. The van der Waals surface area contributed by atoms with Crippen molar-refractivity contribution in [2.45, 2.75) is 89.6 Å². The topological polar surface area (TPSA) is 86.7 Å². The normalized spacial score (nSPS) is 20.9. The van der Waals surface area contributed by atoms with Crippen LogP contribution in [0, 0.1) is 17.2 Å². The minimum Gasteiger partial charge on any atom is -0.464 e. The molecule has 7 heteroatoms. The van der Waals surface area contributed by atoms with Gasteiger partial charge in [0.25, 0.3) is 0 Å². The summed E-state index contributed by atoms with van der Waals surface area (Å²) in [6.45, 7) is 5.11. The van der Waals surface area contributed by atoms with Crippen LogP contribution in [0.25, 0.3) is 16.9 Å². The number of aromatic nitrogens is 3. The van der Waals surface area contributed by atoms with E-state index in [0.29, 0.717) is 36.6 Å². The van der Waals surface area contributed by atoms with Crippen molar-refractivity contribution in [3.8, 4) is 23.3 Å². The molecule has 7 nitrogen and oxygen atoms in total. The summed E-state index contributed by atoms with van der Waals surface area (Å²) in [5.41, 5.74) is 4.77. The molecule has 39 heavy (non-hydrogen) atoms. The molecule has 0 bridgehead atoms. The number of fused-ring (bicyclic) bond motifs is 1. The molecule has 1 saturated carbocycles. The maximum absolute atomic E-state index is 9.85. The summed E-state index contributed by atoms with van der Waals surface area (Å²) in [4.78, 5) is 12.4. The zero-order valence-electron chi connectivity index (χ0n) is 23.4. The fourth-order valence-corrected chi connectivity index (χ4v) is 6.49. The molecule has 1 aliphatic carbocycles. The fraction of sp³-hybridized carbons (Fsp3) is 0.594. The molecule has 2 atom stereocenters. The molecule has 1 aromatic carbocycles. The molecule has 3 aromatic rings. The summed E-state index contributed by atoms with van der Waals surface area (Å²) in [6.07, 6.45) is 17.1. The van der Waals surface area contributed by atoms with Gasteiger partial charge in [-0.25, -0.2) is 4.98 Å². The largest absolute Gasteiger partial charge is 0.464 e. The van der Waals surface area contributed by atoms with Gasteiger partial charge in [-0.2, -0.15) is 10.2 Å². The first-order valence-corrected chi connectivity index (χ1v) is 15.0. The van der Waals surface area contributed by atoms with Crippen LogP contribution in [-0.4, -0.2) is 56.7 Å². The summed E-state index contributed by atoms with van der Waals surface area (Å²) in [5, 5.41) is 19.2. The van der Waals surface area contributed by atoms with Gasteiger partial charge in [0.1, 0.15) is 5.65 Å². The van der Waals surface area contributed by atoms with E-state index in [-0.39, 0.29) is 6.10 Å². The third-order valence-corrected chi connectivity index (χ3v) is 8.42. The van der Waals surface area contributed by atoms with Crippen molar-refractivity contribution in [3.63, 3.8) is 0 Å². The SMILES string of the molecule is C[C@@H](O)CN1CCCC(COc2nc(-c3ccc(C#N)cc3)c(C3CCCCCCCCC3)c3nccn23)C1. The average Bonchev–Trinajstić information content (AvgIpc) is 3.44. The Morgan fingerprint density at radius 3 is 2.44 bits per heavy atom. The average molecular weight is 530 g/mol. The van der Waals surface area contributed by atoms with Crippen LogP contribution >= 0.6 is 0 Å². The summed E-state index contributed by atoms with van der Waals surface area (Å²) in [5.74, 6) is 0.793. The number of nitrogens with zero attached hydrogens (tertiary/aromatic N) is 5. The standard InChI is InChI=1S/C32H43N5O2/c1-24(38)21-36-18-9-10-26(22-36)23-39-32-35-30(28-15-13-25(20-33)14-16-28)29(31-34-17-19-37(31)32)27-11-7-5-3-2-4-6-8-12-27/h13-17,19,24,26-27,38H,2-12,18,21-23H2,1H3/t24-,26?/m1/s1. The van der Waals surface area contributed by atoms with Crippen molar-refractivity contribution in [2.24, 2.45) is 5.92 Å². The van der Waals surface area contributed by atoms with Crippen LogP contribution in [0.3, 0.4) is 0 Å². The number of hydrogen-bond donors (Lipinski definition) is 1. The molecule has 0 radical (unpaired) electrons. The lowest BCUT2D eigenvalue weighted by Gasteiger charge is -2.33. The lowest BCUT2D eigenvalue weighted by Crippen LogP contribution is -2.41. The quantitative estimate of drug-likeness (QED) is 0.384. The monoisotopic (exact) mass is 529 g/mol. The summed E-state index contributed by atoms with van der Waals surface area (Å²) < 4.78 is 8.51. The Hall–Kier alpha value is -2.95. The van der Waals surface area contributed by atoms with Gasteiger partial charge in [0.15, 0.2) is 0 Å². The smallest absolute Gasteiger partial charge is 0.302 e. The highest BCUT2D eigenvalue weighted by atomic mass is 16.5. The van der Waals surface area contributed by atoms with Gasteiger partial charge in [0.05, 0.1) is 30.0 Å². The molecule has 1 saturated heterocycles. The molecule has 5 rings (SSSR count). The van der Waals surface area contributed by atoms with Gasteiger partial charge in [-0.3, -0.25) is 4.40 Å². The van der Waals surface area contributed by atoms with E-state index in [1.165, 1.54) is 50.5 Å². The first kappa shape index (κ1) is 27.6. The van der Waals surface area contributed by atoms with Gasteiger partial charge < -0.3 is 14.7 Å². The van der Waals surface area contributed by atoms with Crippen molar-refractivity contribution in [1.29, 1.82) is 5.26 Å². The number of rotatable bonds is 7. The van der Waals surface area contributed by atoms with E-state index in [0.717, 1.165) is 55.7 Å². The van der Waals surface area contributed by atoms with E-state index in [1.807, 2.05) is 48.0 Å². The zero-order chi connectivity index (χ0) is 27.0. The highest BCUT2D eigenvalue weighted by molar-refractivity contribution is 5.72. The van der Waals surface area contributed by atoms with E-state index >= 15 is 0 Å². The maximum atomic E-state index is 9.85. The van der Waals surface area contributed by atoms with Crippen LogP contribution in [0.5, 0.6) is 6.01 Å². The molecule has 3 heterocycles. The van der Waals surface area contributed by atoms with Crippen LogP contribution in [-0.2, 0) is 0 Å². The van der Waals surface area contributed by atoms with E-state index in [2.05, 4.69) is 11.0 Å². The number of β-amino-alcohol motifs (C(OH)–C–C–N with tert-alkyl or cyclic N) is 1. The predicted molar refractivity (Wildman–Crippen MR) is 154 cm³/mol. The molecular weight excluding hydrogens is 486 g/mol. The van der Waals surface area contributed by atoms with E-state index in [9.17, 15) is 10.4 Å². The molecule has 1 unspecified atom stereocenters. The third-order valence-electron chi connectivity index (χ3n) is 8.42.